The normalized spacial score (nSPS) is 12.2. The first kappa shape index (κ1) is 21.7. The quantitative estimate of drug-likeness (QED) is 0.448. The number of fused-ring (bicyclic) bond motifs is 1. The Morgan fingerprint density at radius 1 is 1.09 bits per heavy atom. The average molecular weight is 446 g/mol. The third-order valence-electron chi connectivity index (χ3n) is 5.13. The largest absolute Gasteiger partial charge is 0.495 e. The first-order valence-electron chi connectivity index (χ1n) is 9.86. The fraction of sp³-hybridized carbons (Fsp3) is 0.0833. The number of aromatic carboxylic acids is 1. The highest BCUT2D eigenvalue weighted by Gasteiger charge is 2.27. The molecular formula is C24H19FN4O4. The van der Waals surface area contributed by atoms with Gasteiger partial charge in [0, 0.05) is 12.4 Å². The summed E-state index contributed by atoms with van der Waals surface area (Å²) in [6.45, 7) is 0. The maximum absolute atomic E-state index is 13.2. The smallest absolute Gasteiger partial charge is 0.339 e. The van der Waals surface area contributed by atoms with E-state index in [9.17, 15) is 19.1 Å². The summed E-state index contributed by atoms with van der Waals surface area (Å²) in [6.07, 6.45) is 6.42. The Morgan fingerprint density at radius 2 is 1.79 bits per heavy atom. The predicted octanol–water partition coefficient (Wildman–Crippen LogP) is 3.52. The van der Waals surface area contributed by atoms with Crippen LogP contribution in [0.1, 0.15) is 33.2 Å². The van der Waals surface area contributed by atoms with Gasteiger partial charge in [-0.05, 0) is 53.6 Å². The number of hydrogen-bond donors (Lipinski definition) is 2. The molecule has 166 valence electrons. The van der Waals surface area contributed by atoms with Crippen molar-refractivity contribution in [3.63, 3.8) is 0 Å². The van der Waals surface area contributed by atoms with Crippen molar-refractivity contribution in [3.8, 4) is 5.75 Å². The van der Waals surface area contributed by atoms with E-state index in [-0.39, 0.29) is 17.1 Å². The molecule has 2 heterocycles. The zero-order chi connectivity index (χ0) is 23.5. The summed E-state index contributed by atoms with van der Waals surface area (Å²) < 4.78 is 20.1. The molecule has 0 saturated heterocycles. The molecule has 1 atom stereocenters. The van der Waals surface area contributed by atoms with Crippen molar-refractivity contribution in [3.05, 3.63) is 89.1 Å². The second-order valence-corrected chi connectivity index (χ2v) is 7.15. The molecule has 0 aliphatic carbocycles. The molecule has 33 heavy (non-hydrogen) atoms. The summed E-state index contributed by atoms with van der Waals surface area (Å²) >= 11 is 0. The lowest BCUT2D eigenvalue weighted by molar-refractivity contribution is -0.120. The third-order valence-corrected chi connectivity index (χ3v) is 5.13. The molecule has 0 bridgehead atoms. The number of methoxy groups -OCH3 is 1. The molecule has 0 fully saturated rings. The van der Waals surface area contributed by atoms with Gasteiger partial charge in [0.2, 0.25) is 5.91 Å². The molecule has 8 nitrogen and oxygen atoms in total. The second-order valence-electron chi connectivity index (χ2n) is 7.15. The van der Waals surface area contributed by atoms with Crippen LogP contribution in [-0.2, 0) is 4.79 Å². The number of nitrogens with two attached hydrogens (primary N) is 1. The van der Waals surface area contributed by atoms with Gasteiger partial charge in [0.25, 0.3) is 0 Å². The number of amides is 1. The summed E-state index contributed by atoms with van der Waals surface area (Å²) in [5.41, 5.74) is 7.75. The van der Waals surface area contributed by atoms with E-state index >= 15 is 0 Å². The monoisotopic (exact) mass is 446 g/mol. The summed E-state index contributed by atoms with van der Waals surface area (Å²) in [5, 5.41) is 14.6. The standard InChI is InChI=1S/C24H19FN4O4/c1-33-22-17(24(31)32)7-9-19-20(22)18(8-4-14-2-5-16(25)6-3-14)28-29(19)21(23(26)30)15-10-12-27-13-11-15/h2-13,21H,1H3,(H2,26,30)(H,31,32). The van der Waals surface area contributed by atoms with E-state index in [1.54, 1.807) is 42.5 Å². The molecule has 4 aromatic rings. The van der Waals surface area contributed by atoms with Crippen molar-refractivity contribution in [1.29, 1.82) is 0 Å². The first-order valence-corrected chi connectivity index (χ1v) is 9.86. The number of nitrogens with zero attached hydrogens (tertiary/aromatic N) is 3. The summed E-state index contributed by atoms with van der Waals surface area (Å²) in [6, 6.07) is 11.1. The third kappa shape index (κ3) is 4.16. The Morgan fingerprint density at radius 3 is 2.39 bits per heavy atom. The number of hydrogen-bond acceptors (Lipinski definition) is 5. The van der Waals surface area contributed by atoms with Crippen molar-refractivity contribution in [2.75, 3.05) is 7.11 Å². The number of pyridine rings is 1. The lowest BCUT2D eigenvalue weighted by Gasteiger charge is -2.16. The number of carboxylic acids is 1. The minimum atomic E-state index is -1.17. The van der Waals surface area contributed by atoms with Gasteiger partial charge in [0.1, 0.15) is 17.1 Å². The van der Waals surface area contributed by atoms with Gasteiger partial charge in [0.15, 0.2) is 6.04 Å². The fourth-order valence-electron chi connectivity index (χ4n) is 3.65. The van der Waals surface area contributed by atoms with Gasteiger partial charge in [-0.25, -0.2) is 13.9 Å². The number of ether oxygens (including phenoxy) is 1. The first-order chi connectivity index (χ1) is 15.9. The number of carbonyl (C=O) groups excluding carboxylic acids is 1. The zero-order valence-corrected chi connectivity index (χ0v) is 17.5. The highest BCUT2D eigenvalue weighted by Crippen LogP contribution is 2.36. The molecule has 1 amide bonds. The molecule has 9 heteroatoms. The van der Waals surface area contributed by atoms with Crippen molar-refractivity contribution < 1.29 is 23.8 Å². The lowest BCUT2D eigenvalue weighted by Crippen LogP contribution is -2.28. The van der Waals surface area contributed by atoms with Crippen LogP contribution in [0.2, 0.25) is 0 Å². The molecule has 1 unspecified atom stereocenters. The Hall–Kier alpha value is -4.53. The lowest BCUT2D eigenvalue weighted by atomic mass is 10.1. The van der Waals surface area contributed by atoms with Crippen molar-refractivity contribution in [2.24, 2.45) is 5.73 Å². The Kier molecular flexibility index (Phi) is 5.86. The van der Waals surface area contributed by atoms with Crippen LogP contribution < -0.4 is 10.5 Å². The van der Waals surface area contributed by atoms with E-state index in [4.69, 9.17) is 10.5 Å². The highest BCUT2D eigenvalue weighted by molar-refractivity contribution is 6.03. The van der Waals surface area contributed by atoms with Gasteiger partial charge in [-0.15, -0.1) is 0 Å². The number of rotatable bonds is 7. The molecule has 2 aromatic heterocycles. The van der Waals surface area contributed by atoms with Crippen LogP contribution in [0, 0.1) is 5.82 Å². The number of benzene rings is 2. The van der Waals surface area contributed by atoms with E-state index in [0.717, 1.165) is 0 Å². The molecule has 2 aromatic carbocycles. The van der Waals surface area contributed by atoms with Crippen LogP contribution in [0.25, 0.3) is 23.1 Å². The Labute approximate surface area is 187 Å². The van der Waals surface area contributed by atoms with E-state index in [1.807, 2.05) is 0 Å². The molecule has 0 aliphatic heterocycles. The molecular weight excluding hydrogens is 427 g/mol. The average Bonchev–Trinajstić information content (AvgIpc) is 3.17. The Bertz CT molecular complexity index is 1370. The minimum Gasteiger partial charge on any atom is -0.495 e. The molecule has 4 rings (SSSR count). The predicted molar refractivity (Wildman–Crippen MR) is 120 cm³/mol. The molecule has 0 spiro atoms. The van der Waals surface area contributed by atoms with Crippen LogP contribution in [0.5, 0.6) is 5.75 Å². The van der Waals surface area contributed by atoms with E-state index in [1.165, 1.54) is 42.4 Å². The maximum atomic E-state index is 13.2. The zero-order valence-electron chi connectivity index (χ0n) is 17.5. The van der Waals surface area contributed by atoms with Gasteiger partial charge >= 0.3 is 5.97 Å². The molecule has 0 radical (unpaired) electrons. The van der Waals surface area contributed by atoms with Crippen LogP contribution in [0.3, 0.4) is 0 Å². The number of primary amides is 1. The van der Waals surface area contributed by atoms with Gasteiger partial charge < -0.3 is 15.6 Å². The highest BCUT2D eigenvalue weighted by atomic mass is 19.1. The summed E-state index contributed by atoms with van der Waals surface area (Å²) in [7, 11) is 1.36. The van der Waals surface area contributed by atoms with Crippen LogP contribution in [0.4, 0.5) is 4.39 Å². The van der Waals surface area contributed by atoms with Gasteiger partial charge in [-0.2, -0.15) is 5.10 Å². The SMILES string of the molecule is COc1c(C(=O)O)ccc2c1c(C=Cc1ccc(F)cc1)nn2C(C(N)=O)c1ccncc1. The number of carbonyl (C=O) groups is 2. The second kappa shape index (κ2) is 8.91. The number of halogens is 1. The van der Waals surface area contributed by atoms with Crippen LogP contribution in [0.15, 0.2) is 60.9 Å². The van der Waals surface area contributed by atoms with E-state index in [0.29, 0.717) is 27.7 Å². The Balaban J connectivity index is 1.97. The van der Waals surface area contributed by atoms with Crippen LogP contribution in [-0.4, -0.2) is 38.9 Å². The van der Waals surface area contributed by atoms with Crippen molar-refractivity contribution in [1.82, 2.24) is 14.8 Å². The van der Waals surface area contributed by atoms with Crippen molar-refractivity contribution >= 4 is 34.9 Å². The van der Waals surface area contributed by atoms with Gasteiger partial charge in [-0.1, -0.05) is 18.2 Å². The topological polar surface area (TPSA) is 120 Å². The van der Waals surface area contributed by atoms with Gasteiger partial charge in [-0.3, -0.25) is 9.78 Å². The number of aromatic nitrogens is 3. The molecule has 0 saturated carbocycles. The summed E-state index contributed by atoms with van der Waals surface area (Å²) in [5.74, 6) is -2.09. The van der Waals surface area contributed by atoms with Crippen molar-refractivity contribution in [2.45, 2.75) is 6.04 Å². The minimum absolute atomic E-state index is 0.0551. The summed E-state index contributed by atoms with van der Waals surface area (Å²) in [4.78, 5) is 28.2. The molecule has 3 N–H and O–H groups in total. The fourth-order valence-corrected chi connectivity index (χ4v) is 3.65. The molecule has 0 aliphatic rings. The van der Waals surface area contributed by atoms with E-state index < -0.39 is 17.9 Å². The number of carboxylic acid groups (broad SMARTS) is 1. The van der Waals surface area contributed by atoms with E-state index in [2.05, 4.69) is 10.1 Å². The van der Waals surface area contributed by atoms with Gasteiger partial charge in [0.05, 0.1) is 23.7 Å². The van der Waals surface area contributed by atoms with Crippen LogP contribution >= 0.6 is 0 Å². The maximum Gasteiger partial charge on any atom is 0.339 e.